The molecule has 1 heterocycles. The molecule has 118 valence electrons. The first-order chi connectivity index (χ1) is 10.1. The maximum absolute atomic E-state index is 11.3. The lowest BCUT2D eigenvalue weighted by Crippen LogP contribution is -2.13. The highest BCUT2D eigenvalue weighted by atomic mass is 16.4. The Kier molecular flexibility index (Phi) is 7.72. The SMILES string of the molecule is CCCCCCCCNc1cnc(C(C)C)nc1C(=O)O. The number of anilines is 1. The summed E-state index contributed by atoms with van der Waals surface area (Å²) >= 11 is 0. The van der Waals surface area contributed by atoms with E-state index in [9.17, 15) is 9.90 Å². The molecule has 2 N–H and O–H groups in total. The predicted octanol–water partition coefficient (Wildman–Crippen LogP) is 4.07. The fourth-order valence-corrected chi connectivity index (χ4v) is 2.09. The first-order valence-corrected chi connectivity index (χ1v) is 7.90. The number of rotatable bonds is 10. The Balaban J connectivity index is 2.49. The number of carboxylic acids is 1. The summed E-state index contributed by atoms with van der Waals surface area (Å²) in [6.45, 7) is 6.86. The Morgan fingerprint density at radius 2 is 1.90 bits per heavy atom. The maximum atomic E-state index is 11.3. The minimum Gasteiger partial charge on any atom is -0.476 e. The van der Waals surface area contributed by atoms with Gasteiger partial charge in [-0.25, -0.2) is 14.8 Å². The van der Waals surface area contributed by atoms with Crippen LogP contribution < -0.4 is 5.32 Å². The highest BCUT2D eigenvalue weighted by molar-refractivity contribution is 5.91. The zero-order chi connectivity index (χ0) is 15.7. The Labute approximate surface area is 127 Å². The van der Waals surface area contributed by atoms with Gasteiger partial charge in [0.15, 0.2) is 5.69 Å². The Morgan fingerprint density at radius 3 is 2.52 bits per heavy atom. The molecule has 5 nitrogen and oxygen atoms in total. The van der Waals surface area contributed by atoms with Crippen molar-refractivity contribution in [2.24, 2.45) is 0 Å². The summed E-state index contributed by atoms with van der Waals surface area (Å²) < 4.78 is 0. The van der Waals surface area contributed by atoms with Crippen LogP contribution in [0.2, 0.25) is 0 Å². The summed E-state index contributed by atoms with van der Waals surface area (Å²) in [5, 5.41) is 12.4. The maximum Gasteiger partial charge on any atom is 0.356 e. The van der Waals surface area contributed by atoms with Crippen LogP contribution in [0.4, 0.5) is 5.69 Å². The second-order valence-corrected chi connectivity index (χ2v) is 5.64. The Bertz CT molecular complexity index is 447. The number of hydrogen-bond donors (Lipinski definition) is 2. The van der Waals surface area contributed by atoms with Crippen molar-refractivity contribution in [3.63, 3.8) is 0 Å². The Hall–Kier alpha value is -1.65. The molecule has 21 heavy (non-hydrogen) atoms. The quantitative estimate of drug-likeness (QED) is 0.636. The number of nitrogens with one attached hydrogen (secondary N) is 1. The molecule has 1 aromatic heterocycles. The summed E-state index contributed by atoms with van der Waals surface area (Å²) in [6.07, 6.45) is 8.85. The normalized spacial score (nSPS) is 10.9. The van der Waals surface area contributed by atoms with Gasteiger partial charge in [0.05, 0.1) is 11.9 Å². The second-order valence-electron chi connectivity index (χ2n) is 5.64. The van der Waals surface area contributed by atoms with Gasteiger partial charge in [0.2, 0.25) is 0 Å². The fourth-order valence-electron chi connectivity index (χ4n) is 2.09. The van der Waals surface area contributed by atoms with Gasteiger partial charge in [-0.2, -0.15) is 0 Å². The number of unbranched alkanes of at least 4 members (excludes halogenated alkanes) is 5. The molecule has 0 aliphatic heterocycles. The molecule has 0 amide bonds. The molecular formula is C16H27N3O2. The van der Waals surface area contributed by atoms with Crippen molar-refractivity contribution in [3.8, 4) is 0 Å². The van der Waals surface area contributed by atoms with Gasteiger partial charge in [0.1, 0.15) is 5.82 Å². The zero-order valence-electron chi connectivity index (χ0n) is 13.4. The van der Waals surface area contributed by atoms with Crippen molar-refractivity contribution in [1.82, 2.24) is 9.97 Å². The average Bonchev–Trinajstić information content (AvgIpc) is 2.46. The van der Waals surface area contributed by atoms with E-state index in [1.807, 2.05) is 13.8 Å². The first-order valence-electron chi connectivity index (χ1n) is 7.90. The van der Waals surface area contributed by atoms with E-state index in [1.165, 1.54) is 32.1 Å². The number of aromatic carboxylic acids is 1. The van der Waals surface area contributed by atoms with Crippen molar-refractivity contribution in [2.75, 3.05) is 11.9 Å². The fraction of sp³-hybridized carbons (Fsp3) is 0.688. The summed E-state index contributed by atoms with van der Waals surface area (Å²) in [4.78, 5) is 19.6. The van der Waals surface area contributed by atoms with Crippen molar-refractivity contribution < 1.29 is 9.90 Å². The monoisotopic (exact) mass is 293 g/mol. The second kappa shape index (κ2) is 9.32. The topological polar surface area (TPSA) is 75.1 Å². The molecule has 0 aromatic carbocycles. The average molecular weight is 293 g/mol. The van der Waals surface area contributed by atoms with Crippen LogP contribution >= 0.6 is 0 Å². The molecule has 0 atom stereocenters. The van der Waals surface area contributed by atoms with Crippen LogP contribution in [0.1, 0.15) is 81.5 Å². The van der Waals surface area contributed by atoms with Crippen molar-refractivity contribution in [3.05, 3.63) is 17.7 Å². The Morgan fingerprint density at radius 1 is 1.24 bits per heavy atom. The summed E-state index contributed by atoms with van der Waals surface area (Å²) in [5.41, 5.74) is 0.583. The number of hydrogen-bond acceptors (Lipinski definition) is 4. The molecule has 0 fully saturated rings. The smallest absolute Gasteiger partial charge is 0.356 e. The van der Waals surface area contributed by atoms with Gasteiger partial charge in [-0.05, 0) is 6.42 Å². The van der Waals surface area contributed by atoms with Gasteiger partial charge in [-0.1, -0.05) is 52.9 Å². The van der Waals surface area contributed by atoms with Crippen LogP contribution in [-0.4, -0.2) is 27.6 Å². The van der Waals surface area contributed by atoms with E-state index in [1.54, 1.807) is 6.20 Å². The largest absolute Gasteiger partial charge is 0.476 e. The van der Waals surface area contributed by atoms with Gasteiger partial charge < -0.3 is 10.4 Å². The van der Waals surface area contributed by atoms with Gasteiger partial charge in [0, 0.05) is 12.5 Å². The molecule has 5 heteroatoms. The molecule has 0 saturated heterocycles. The number of aromatic nitrogens is 2. The van der Waals surface area contributed by atoms with Crippen LogP contribution in [0.3, 0.4) is 0 Å². The number of nitrogens with zero attached hydrogens (tertiary/aromatic N) is 2. The van der Waals surface area contributed by atoms with E-state index < -0.39 is 5.97 Å². The lowest BCUT2D eigenvalue weighted by molar-refractivity contribution is 0.0691. The number of carbonyl (C=O) groups is 1. The predicted molar refractivity (Wildman–Crippen MR) is 84.9 cm³/mol. The lowest BCUT2D eigenvalue weighted by atomic mass is 10.1. The third kappa shape index (κ3) is 6.10. The molecule has 1 rings (SSSR count). The molecule has 0 aliphatic rings. The molecule has 0 unspecified atom stereocenters. The minimum absolute atomic E-state index is 0.0692. The van der Waals surface area contributed by atoms with Crippen molar-refractivity contribution in [2.45, 2.75) is 65.2 Å². The van der Waals surface area contributed by atoms with Crippen LogP contribution in [0.25, 0.3) is 0 Å². The molecule has 0 bridgehead atoms. The summed E-state index contributed by atoms with van der Waals surface area (Å²) in [6, 6.07) is 0. The minimum atomic E-state index is -1.01. The summed E-state index contributed by atoms with van der Waals surface area (Å²) in [5.74, 6) is -0.321. The van der Waals surface area contributed by atoms with Crippen LogP contribution in [0.5, 0.6) is 0 Å². The van der Waals surface area contributed by atoms with Crippen LogP contribution in [-0.2, 0) is 0 Å². The van der Waals surface area contributed by atoms with Gasteiger partial charge in [-0.3, -0.25) is 0 Å². The standard InChI is InChI=1S/C16H27N3O2/c1-4-5-6-7-8-9-10-17-13-11-18-15(12(2)3)19-14(13)16(20)21/h11-12,17H,4-10H2,1-3H3,(H,20,21). The van der Waals surface area contributed by atoms with Crippen LogP contribution in [0, 0.1) is 0 Å². The third-order valence-corrected chi connectivity index (χ3v) is 3.37. The van der Waals surface area contributed by atoms with Gasteiger partial charge in [0.25, 0.3) is 0 Å². The highest BCUT2D eigenvalue weighted by Crippen LogP contribution is 2.16. The highest BCUT2D eigenvalue weighted by Gasteiger charge is 2.15. The van der Waals surface area contributed by atoms with E-state index >= 15 is 0 Å². The third-order valence-electron chi connectivity index (χ3n) is 3.37. The molecule has 0 radical (unpaired) electrons. The summed E-state index contributed by atoms with van der Waals surface area (Å²) in [7, 11) is 0. The molecule has 1 aromatic rings. The van der Waals surface area contributed by atoms with E-state index in [0.717, 1.165) is 13.0 Å². The van der Waals surface area contributed by atoms with Gasteiger partial charge >= 0.3 is 5.97 Å². The van der Waals surface area contributed by atoms with Gasteiger partial charge in [-0.15, -0.1) is 0 Å². The zero-order valence-corrected chi connectivity index (χ0v) is 13.4. The van der Waals surface area contributed by atoms with Crippen molar-refractivity contribution in [1.29, 1.82) is 0 Å². The lowest BCUT2D eigenvalue weighted by Gasteiger charge is -2.11. The van der Waals surface area contributed by atoms with E-state index in [0.29, 0.717) is 11.5 Å². The molecular weight excluding hydrogens is 266 g/mol. The number of carboxylic acid groups (broad SMARTS) is 1. The van der Waals surface area contributed by atoms with E-state index in [-0.39, 0.29) is 11.6 Å². The van der Waals surface area contributed by atoms with Crippen molar-refractivity contribution >= 4 is 11.7 Å². The van der Waals surface area contributed by atoms with E-state index in [4.69, 9.17) is 0 Å². The molecule has 0 spiro atoms. The van der Waals surface area contributed by atoms with E-state index in [2.05, 4.69) is 22.2 Å². The first kappa shape index (κ1) is 17.4. The molecule has 0 aliphatic carbocycles. The molecule has 0 saturated carbocycles. The van der Waals surface area contributed by atoms with Crippen LogP contribution in [0.15, 0.2) is 6.20 Å².